The molecule has 0 saturated heterocycles. The van der Waals surface area contributed by atoms with Gasteiger partial charge in [-0.15, -0.1) is 0 Å². The summed E-state index contributed by atoms with van der Waals surface area (Å²) >= 11 is 0. The molecule has 0 aromatic heterocycles. The molecule has 220 valence electrons. The molecular weight excluding hydrogens is 541 g/mol. The third-order valence-electron chi connectivity index (χ3n) is 9.97. The zero-order chi connectivity index (χ0) is 29.1. The Balaban J connectivity index is 1.18. The van der Waals surface area contributed by atoms with Gasteiger partial charge in [-0.25, -0.2) is 9.88 Å². The van der Waals surface area contributed by atoms with Crippen LogP contribution in [0.2, 0.25) is 0 Å². The number of rotatable bonds is 5. The summed E-state index contributed by atoms with van der Waals surface area (Å²) in [4.78, 5) is 12.9. The fraction of sp³-hybridized carbons (Fsp3) is 0.457. The van der Waals surface area contributed by atoms with Crippen molar-refractivity contribution >= 4 is 14.6 Å². The fourth-order valence-electron chi connectivity index (χ4n) is 8.41. The van der Waals surface area contributed by atoms with E-state index in [1.807, 2.05) is 30.3 Å². The summed E-state index contributed by atoms with van der Waals surface area (Å²) in [5, 5.41) is 10.0. The predicted octanol–water partition coefficient (Wildman–Crippen LogP) is 7.73. The molecule has 2 amide bonds. The highest BCUT2D eigenvalue weighted by Gasteiger charge is 2.59. The first kappa shape index (κ1) is 27.7. The zero-order valence-corrected chi connectivity index (χ0v) is 26.0. The van der Waals surface area contributed by atoms with Crippen molar-refractivity contribution in [1.29, 1.82) is 0 Å². The molecule has 4 aliphatic rings. The van der Waals surface area contributed by atoms with Crippen molar-refractivity contribution in [2.45, 2.75) is 101 Å². The Morgan fingerprint density at radius 2 is 1.36 bits per heavy atom. The van der Waals surface area contributed by atoms with Crippen molar-refractivity contribution in [3.63, 3.8) is 0 Å². The lowest BCUT2D eigenvalue weighted by Gasteiger charge is -2.37. The Morgan fingerprint density at radius 3 is 1.95 bits per heavy atom. The third-order valence-corrected chi connectivity index (χ3v) is 11.2. The van der Waals surface area contributed by atoms with Crippen LogP contribution >= 0.6 is 8.53 Å². The minimum Gasteiger partial charge on any atom is -0.427 e. The lowest BCUT2D eigenvalue weighted by atomic mass is 9.72. The molecule has 3 aliphatic carbocycles. The van der Waals surface area contributed by atoms with E-state index in [-0.39, 0.29) is 34.4 Å². The summed E-state index contributed by atoms with van der Waals surface area (Å²) in [6.45, 7) is 10.00. The molecule has 1 spiro atoms. The highest BCUT2D eigenvalue weighted by molar-refractivity contribution is 7.45. The van der Waals surface area contributed by atoms with E-state index in [0.717, 1.165) is 55.6 Å². The van der Waals surface area contributed by atoms with Gasteiger partial charge in [0, 0.05) is 35.2 Å². The molecule has 7 heteroatoms. The van der Waals surface area contributed by atoms with E-state index in [0.29, 0.717) is 6.54 Å². The summed E-state index contributed by atoms with van der Waals surface area (Å²) in [5.74, 6) is 1.88. The van der Waals surface area contributed by atoms with Crippen molar-refractivity contribution < 1.29 is 13.8 Å². The first-order valence-corrected chi connectivity index (χ1v) is 16.6. The lowest BCUT2D eigenvalue weighted by molar-refractivity contribution is 0.226. The van der Waals surface area contributed by atoms with Gasteiger partial charge < -0.3 is 19.7 Å². The Labute approximate surface area is 250 Å². The standard InChI is InChI=1S/C35H42N3O3P/c1-33(2)21-35-22-34(3,4)25-15-11-19-29(31(25)35)41-42(40-28-18-10-14-24(33)30(28)35)38-27-17-9-8-16-26(27)37-32(39)36-20-23-12-6-5-7-13-23/h5-7,10-15,18-19,26-27,38H,8-9,16-17,20-22H2,1-4H3,(H2,36,37,39)/t26-,27-,35?/m0/s1. The van der Waals surface area contributed by atoms with Crippen molar-refractivity contribution in [2.75, 3.05) is 0 Å². The van der Waals surface area contributed by atoms with Crippen LogP contribution in [0, 0.1) is 0 Å². The van der Waals surface area contributed by atoms with E-state index in [1.54, 1.807) is 0 Å². The number of carbonyl (C=O) groups is 1. The Morgan fingerprint density at radius 1 is 0.786 bits per heavy atom. The van der Waals surface area contributed by atoms with Gasteiger partial charge in [-0.3, -0.25) is 0 Å². The number of benzene rings is 3. The van der Waals surface area contributed by atoms with Gasteiger partial charge in [0.15, 0.2) is 0 Å². The number of hydrogen-bond donors (Lipinski definition) is 3. The second-order valence-corrected chi connectivity index (χ2v) is 15.1. The van der Waals surface area contributed by atoms with Crippen molar-refractivity contribution in [3.05, 3.63) is 94.5 Å². The molecule has 2 atom stereocenters. The predicted molar refractivity (Wildman–Crippen MR) is 168 cm³/mol. The molecule has 0 unspecified atom stereocenters. The topological polar surface area (TPSA) is 71.6 Å². The molecule has 1 fully saturated rings. The molecule has 1 saturated carbocycles. The van der Waals surface area contributed by atoms with Crippen molar-refractivity contribution in [2.24, 2.45) is 0 Å². The van der Waals surface area contributed by atoms with E-state index in [9.17, 15) is 4.79 Å². The van der Waals surface area contributed by atoms with Crippen LogP contribution in [0.15, 0.2) is 66.7 Å². The van der Waals surface area contributed by atoms with E-state index >= 15 is 0 Å². The zero-order valence-electron chi connectivity index (χ0n) is 25.1. The quantitative estimate of drug-likeness (QED) is 0.269. The molecule has 6 nitrogen and oxygen atoms in total. The Hall–Kier alpha value is -3.08. The molecule has 7 rings (SSSR count). The van der Waals surface area contributed by atoms with Gasteiger partial charge in [0.1, 0.15) is 11.5 Å². The molecule has 1 aliphatic heterocycles. The maximum absolute atomic E-state index is 12.9. The van der Waals surface area contributed by atoms with Gasteiger partial charge in [-0.1, -0.05) is 95.1 Å². The minimum absolute atomic E-state index is 0.00500. The van der Waals surface area contributed by atoms with E-state index in [2.05, 4.69) is 79.8 Å². The summed E-state index contributed by atoms with van der Waals surface area (Å²) in [6.07, 6.45) is 6.17. The van der Waals surface area contributed by atoms with E-state index in [1.165, 1.54) is 22.3 Å². The van der Waals surface area contributed by atoms with Crippen LogP contribution in [0.1, 0.15) is 94.0 Å². The molecule has 0 radical (unpaired) electrons. The van der Waals surface area contributed by atoms with Gasteiger partial charge in [-0.2, -0.15) is 0 Å². The molecular formula is C35H42N3O3P. The number of hydrogen-bond acceptors (Lipinski definition) is 4. The minimum atomic E-state index is -1.50. The number of amides is 2. The van der Waals surface area contributed by atoms with Crippen LogP contribution in [0.3, 0.4) is 0 Å². The van der Waals surface area contributed by atoms with Crippen LogP contribution < -0.4 is 24.8 Å². The van der Waals surface area contributed by atoms with Crippen LogP contribution in [0.5, 0.6) is 11.5 Å². The molecule has 42 heavy (non-hydrogen) atoms. The summed E-state index contributed by atoms with van der Waals surface area (Å²) in [5.41, 5.74) is 6.51. The summed E-state index contributed by atoms with van der Waals surface area (Å²) < 4.78 is 13.7. The second-order valence-electron chi connectivity index (χ2n) is 13.9. The van der Waals surface area contributed by atoms with Crippen LogP contribution in [-0.2, 0) is 22.8 Å². The monoisotopic (exact) mass is 583 g/mol. The van der Waals surface area contributed by atoms with Crippen molar-refractivity contribution in [3.8, 4) is 11.5 Å². The van der Waals surface area contributed by atoms with Gasteiger partial charge in [-0.05, 0) is 65.3 Å². The SMILES string of the molecule is CC1(C)CC23CC(C)(C)c4cccc(c42)OP(N[C@H]2CCCC[C@@H]2NC(=O)NCc2ccccc2)Oc2cccc1c23. The van der Waals surface area contributed by atoms with Crippen molar-refractivity contribution in [1.82, 2.24) is 15.7 Å². The highest BCUT2D eigenvalue weighted by atomic mass is 31.2. The number of nitrogens with one attached hydrogen (secondary N) is 3. The van der Waals surface area contributed by atoms with Gasteiger partial charge in [0.2, 0.25) is 0 Å². The largest absolute Gasteiger partial charge is 0.427 e. The number of carbonyl (C=O) groups excluding carboxylic acids is 1. The van der Waals surface area contributed by atoms with Crippen LogP contribution in [0.25, 0.3) is 0 Å². The van der Waals surface area contributed by atoms with E-state index < -0.39 is 8.53 Å². The van der Waals surface area contributed by atoms with E-state index in [4.69, 9.17) is 9.05 Å². The smallest absolute Gasteiger partial charge is 0.381 e. The van der Waals surface area contributed by atoms with Gasteiger partial charge >= 0.3 is 14.6 Å². The first-order chi connectivity index (χ1) is 20.2. The normalized spacial score (nSPS) is 24.3. The Bertz CT molecular complexity index is 1430. The van der Waals surface area contributed by atoms with Crippen LogP contribution in [0.4, 0.5) is 4.79 Å². The molecule has 3 aromatic carbocycles. The second kappa shape index (κ2) is 10.3. The van der Waals surface area contributed by atoms with Gasteiger partial charge in [0.25, 0.3) is 0 Å². The average Bonchev–Trinajstić information content (AvgIpc) is 3.33. The highest BCUT2D eigenvalue weighted by Crippen LogP contribution is 2.68. The molecule has 0 bridgehead atoms. The number of urea groups is 1. The summed E-state index contributed by atoms with van der Waals surface area (Å²) in [7, 11) is -1.50. The molecule has 3 N–H and O–H groups in total. The first-order valence-electron chi connectivity index (χ1n) is 15.4. The Kier molecular flexibility index (Phi) is 6.79. The maximum Gasteiger partial charge on any atom is 0.381 e. The molecule has 1 heterocycles. The fourth-order valence-corrected chi connectivity index (χ4v) is 9.80. The molecule has 3 aromatic rings. The maximum atomic E-state index is 12.9. The van der Waals surface area contributed by atoms with Crippen LogP contribution in [-0.4, -0.2) is 18.1 Å². The third kappa shape index (κ3) is 4.68. The average molecular weight is 584 g/mol. The lowest BCUT2D eigenvalue weighted by Crippen LogP contribution is -2.53. The van der Waals surface area contributed by atoms with Gasteiger partial charge in [0.05, 0.1) is 0 Å². The summed E-state index contributed by atoms with van der Waals surface area (Å²) in [6, 6.07) is 23.1.